The van der Waals surface area contributed by atoms with E-state index in [0.29, 0.717) is 11.0 Å². The summed E-state index contributed by atoms with van der Waals surface area (Å²) in [5, 5.41) is 9.35. The van der Waals surface area contributed by atoms with Gasteiger partial charge in [-0.1, -0.05) is 12.8 Å². The second kappa shape index (κ2) is 6.98. The number of hydrogen-bond acceptors (Lipinski definition) is 4. The maximum absolute atomic E-state index is 12.2. The maximum Gasteiger partial charge on any atom is 0.242 e. The van der Waals surface area contributed by atoms with Gasteiger partial charge in [-0.05, 0) is 46.7 Å². The van der Waals surface area contributed by atoms with Crippen molar-refractivity contribution >= 4 is 26.0 Å². The van der Waals surface area contributed by atoms with Crippen molar-refractivity contribution in [2.24, 2.45) is 11.8 Å². The minimum atomic E-state index is -3.54. The fourth-order valence-electron chi connectivity index (χ4n) is 2.63. The standard InChI is InChI=1S/C13H19BrN2O3S/c14-12-5-13(8-15-7-12)20(18,19)16-6-10-3-1-2-4-11(10)9-17/h5,7-8,10-11,16-17H,1-4,6,9H2. The maximum atomic E-state index is 12.2. The van der Waals surface area contributed by atoms with Crippen molar-refractivity contribution in [3.05, 3.63) is 22.9 Å². The van der Waals surface area contributed by atoms with Crippen LogP contribution in [0.1, 0.15) is 25.7 Å². The molecule has 1 heterocycles. The molecule has 0 radical (unpaired) electrons. The summed E-state index contributed by atoms with van der Waals surface area (Å²) >= 11 is 3.22. The molecule has 112 valence electrons. The van der Waals surface area contributed by atoms with Crippen LogP contribution in [-0.4, -0.2) is 31.7 Å². The molecule has 5 nitrogen and oxygen atoms in total. The number of halogens is 1. The number of aromatic nitrogens is 1. The van der Waals surface area contributed by atoms with Crippen LogP contribution in [0.15, 0.2) is 27.8 Å². The van der Waals surface area contributed by atoms with E-state index in [1.165, 1.54) is 12.3 Å². The zero-order valence-corrected chi connectivity index (χ0v) is 13.5. The van der Waals surface area contributed by atoms with Crippen LogP contribution in [0.25, 0.3) is 0 Å². The summed E-state index contributed by atoms with van der Waals surface area (Å²) in [6.45, 7) is 0.505. The number of rotatable bonds is 5. The summed E-state index contributed by atoms with van der Waals surface area (Å²) in [5.41, 5.74) is 0. The van der Waals surface area contributed by atoms with Crippen LogP contribution in [0.2, 0.25) is 0 Å². The van der Waals surface area contributed by atoms with E-state index in [4.69, 9.17) is 0 Å². The number of aliphatic hydroxyl groups is 1. The van der Waals surface area contributed by atoms with E-state index in [1.807, 2.05) is 0 Å². The second-order valence-electron chi connectivity index (χ2n) is 5.18. The third-order valence-electron chi connectivity index (χ3n) is 3.83. The highest BCUT2D eigenvalue weighted by molar-refractivity contribution is 9.10. The number of nitrogens with one attached hydrogen (secondary N) is 1. The van der Waals surface area contributed by atoms with Crippen molar-refractivity contribution in [2.45, 2.75) is 30.6 Å². The SMILES string of the molecule is O=S(=O)(NCC1CCCCC1CO)c1cncc(Br)c1. The molecule has 1 aromatic rings. The number of hydrogen-bond donors (Lipinski definition) is 2. The second-order valence-corrected chi connectivity index (χ2v) is 7.86. The van der Waals surface area contributed by atoms with E-state index in [2.05, 4.69) is 25.6 Å². The molecule has 0 aromatic carbocycles. The molecule has 2 rings (SSSR count). The van der Waals surface area contributed by atoms with Crippen LogP contribution in [0, 0.1) is 11.8 Å². The van der Waals surface area contributed by atoms with E-state index < -0.39 is 10.0 Å². The first-order valence-electron chi connectivity index (χ1n) is 6.74. The van der Waals surface area contributed by atoms with Gasteiger partial charge < -0.3 is 5.11 Å². The van der Waals surface area contributed by atoms with Crippen LogP contribution >= 0.6 is 15.9 Å². The Kier molecular flexibility index (Phi) is 5.54. The lowest BCUT2D eigenvalue weighted by Gasteiger charge is -2.30. The lowest BCUT2D eigenvalue weighted by atomic mass is 9.80. The molecule has 0 amide bonds. The molecule has 2 atom stereocenters. The van der Waals surface area contributed by atoms with E-state index in [1.54, 1.807) is 6.20 Å². The van der Waals surface area contributed by atoms with Crippen LogP contribution in [-0.2, 0) is 10.0 Å². The monoisotopic (exact) mass is 362 g/mol. The quantitative estimate of drug-likeness (QED) is 0.838. The normalized spacial score (nSPS) is 23.7. The van der Waals surface area contributed by atoms with Crippen LogP contribution in [0.5, 0.6) is 0 Å². The summed E-state index contributed by atoms with van der Waals surface area (Å²) in [4.78, 5) is 4.03. The highest BCUT2D eigenvalue weighted by Crippen LogP contribution is 2.29. The van der Waals surface area contributed by atoms with E-state index in [9.17, 15) is 13.5 Å². The van der Waals surface area contributed by atoms with Gasteiger partial charge in [-0.2, -0.15) is 0 Å². The van der Waals surface area contributed by atoms with E-state index >= 15 is 0 Å². The van der Waals surface area contributed by atoms with Gasteiger partial charge in [0.25, 0.3) is 0 Å². The highest BCUT2D eigenvalue weighted by Gasteiger charge is 2.26. The summed E-state index contributed by atoms with van der Waals surface area (Å²) < 4.78 is 27.6. The third-order valence-corrected chi connectivity index (χ3v) is 5.65. The summed E-state index contributed by atoms with van der Waals surface area (Å²) in [6, 6.07) is 1.53. The van der Waals surface area contributed by atoms with Gasteiger partial charge in [0.2, 0.25) is 10.0 Å². The molecule has 0 spiro atoms. The zero-order chi connectivity index (χ0) is 14.6. The fraction of sp³-hybridized carbons (Fsp3) is 0.615. The summed E-state index contributed by atoms with van der Waals surface area (Å²) in [6.07, 6.45) is 7.02. The molecular weight excluding hydrogens is 344 g/mol. The molecule has 0 aliphatic heterocycles. The number of aliphatic hydroxyl groups excluding tert-OH is 1. The Balaban J connectivity index is 2.02. The molecule has 1 saturated carbocycles. The Morgan fingerprint density at radius 3 is 2.65 bits per heavy atom. The Hall–Kier alpha value is -0.500. The minimum absolute atomic E-state index is 0.130. The van der Waals surface area contributed by atoms with Crippen molar-refractivity contribution in [3.63, 3.8) is 0 Å². The molecule has 1 aromatic heterocycles. The molecule has 7 heteroatoms. The van der Waals surface area contributed by atoms with Crippen LogP contribution in [0.3, 0.4) is 0 Å². The molecule has 20 heavy (non-hydrogen) atoms. The summed E-state index contributed by atoms with van der Waals surface area (Å²) in [7, 11) is -3.54. The number of pyridine rings is 1. The molecule has 2 N–H and O–H groups in total. The first-order valence-corrected chi connectivity index (χ1v) is 9.01. The minimum Gasteiger partial charge on any atom is -0.396 e. The Labute approximate surface area is 128 Å². The van der Waals surface area contributed by atoms with Crippen LogP contribution < -0.4 is 4.72 Å². The first kappa shape index (κ1) is 15.9. The lowest BCUT2D eigenvalue weighted by molar-refractivity contribution is 0.136. The smallest absolute Gasteiger partial charge is 0.242 e. The van der Waals surface area contributed by atoms with Gasteiger partial charge in [-0.3, -0.25) is 4.98 Å². The Morgan fingerprint density at radius 2 is 2.00 bits per heavy atom. The van der Waals surface area contributed by atoms with E-state index in [-0.39, 0.29) is 23.3 Å². The average Bonchev–Trinajstić information content (AvgIpc) is 2.45. The first-order chi connectivity index (χ1) is 9.53. The van der Waals surface area contributed by atoms with Gasteiger partial charge in [-0.25, -0.2) is 13.1 Å². The predicted octanol–water partition coefficient (Wildman–Crippen LogP) is 1.92. The van der Waals surface area contributed by atoms with Gasteiger partial charge >= 0.3 is 0 Å². The number of nitrogens with zero attached hydrogens (tertiary/aromatic N) is 1. The largest absolute Gasteiger partial charge is 0.396 e. The fourth-order valence-corrected chi connectivity index (χ4v) is 4.23. The summed E-state index contributed by atoms with van der Waals surface area (Å²) in [5.74, 6) is 0.413. The van der Waals surface area contributed by atoms with Gasteiger partial charge in [0.1, 0.15) is 4.90 Å². The topological polar surface area (TPSA) is 79.3 Å². The van der Waals surface area contributed by atoms with Crippen molar-refractivity contribution < 1.29 is 13.5 Å². The van der Waals surface area contributed by atoms with E-state index in [0.717, 1.165) is 25.7 Å². The highest BCUT2D eigenvalue weighted by atomic mass is 79.9. The van der Waals surface area contributed by atoms with Gasteiger partial charge in [0.15, 0.2) is 0 Å². The van der Waals surface area contributed by atoms with Gasteiger partial charge in [-0.15, -0.1) is 0 Å². The number of sulfonamides is 1. The average molecular weight is 363 g/mol. The molecule has 0 saturated heterocycles. The molecule has 1 fully saturated rings. The van der Waals surface area contributed by atoms with Crippen molar-refractivity contribution in [1.29, 1.82) is 0 Å². The van der Waals surface area contributed by atoms with Gasteiger partial charge in [0, 0.05) is 30.0 Å². The molecule has 1 aliphatic rings. The molecular formula is C13H19BrN2O3S. The third kappa shape index (κ3) is 4.00. The van der Waals surface area contributed by atoms with Crippen molar-refractivity contribution in [2.75, 3.05) is 13.2 Å². The zero-order valence-electron chi connectivity index (χ0n) is 11.1. The van der Waals surface area contributed by atoms with Crippen molar-refractivity contribution in [3.8, 4) is 0 Å². The lowest BCUT2D eigenvalue weighted by Crippen LogP contribution is -2.35. The Morgan fingerprint density at radius 1 is 1.30 bits per heavy atom. The van der Waals surface area contributed by atoms with Gasteiger partial charge in [0.05, 0.1) is 0 Å². The van der Waals surface area contributed by atoms with Crippen LogP contribution in [0.4, 0.5) is 0 Å². The molecule has 2 unspecified atom stereocenters. The molecule has 0 bridgehead atoms. The van der Waals surface area contributed by atoms with Crippen molar-refractivity contribution in [1.82, 2.24) is 9.71 Å². The molecule has 1 aliphatic carbocycles. The predicted molar refractivity (Wildman–Crippen MR) is 79.7 cm³/mol. The Bertz CT molecular complexity index is 550.